The van der Waals surface area contributed by atoms with Crippen LogP contribution in [0.2, 0.25) is 0 Å². The first-order chi connectivity index (χ1) is 33.0. The number of amides is 2. The largest absolute Gasteiger partial charge is 0.492 e. The summed E-state index contributed by atoms with van der Waals surface area (Å²) in [6.07, 6.45) is 13.1. The first kappa shape index (κ1) is 49.8. The van der Waals surface area contributed by atoms with Gasteiger partial charge >= 0.3 is 5.97 Å². The van der Waals surface area contributed by atoms with Gasteiger partial charge in [-0.2, -0.15) is 4.31 Å². The molecule has 3 aliphatic heterocycles. The van der Waals surface area contributed by atoms with Crippen LogP contribution in [0.3, 0.4) is 0 Å². The number of carbonyl (C=O) groups is 4. The molecule has 378 valence electrons. The van der Waals surface area contributed by atoms with Gasteiger partial charge in [-0.15, -0.1) is 6.58 Å². The van der Waals surface area contributed by atoms with Crippen LogP contribution in [0.25, 0.3) is 10.9 Å². The lowest BCUT2D eigenvalue weighted by atomic mass is 9.77. The average molecular weight is 994 g/mol. The summed E-state index contributed by atoms with van der Waals surface area (Å²) < 4.78 is 73.3. The Hall–Kier alpha value is -4.13. The van der Waals surface area contributed by atoms with E-state index in [4.69, 9.17) is 19.2 Å². The van der Waals surface area contributed by atoms with Crippen LogP contribution in [0.4, 0.5) is 0 Å². The average Bonchev–Trinajstić information content (AvgIpc) is 4.29. The normalized spacial score (nSPS) is 30.4. The van der Waals surface area contributed by atoms with Gasteiger partial charge in [0.05, 0.1) is 59.0 Å². The number of hydrogen-bond donors (Lipinski definition) is 1. The molecule has 2 aromatic rings. The van der Waals surface area contributed by atoms with Crippen LogP contribution in [0, 0.1) is 29.1 Å². The molecule has 1 aromatic heterocycles. The van der Waals surface area contributed by atoms with E-state index in [1.807, 2.05) is 24.3 Å². The zero-order valence-corrected chi connectivity index (χ0v) is 42.0. The first-order valence-corrected chi connectivity index (χ1v) is 28.9. The Balaban J connectivity index is 1.01. The first-order valence-electron chi connectivity index (χ1n) is 25.6. The minimum Gasteiger partial charge on any atom is -0.492 e. The van der Waals surface area contributed by atoms with Crippen LogP contribution in [0.1, 0.15) is 122 Å². The SMILES string of the molecule is C=C[C@@H]1C[C@]1(CC(=O)[C@@H]1C[C@@H]2CN1C(=O)[C@H](C1CCCCC1)CC(=O)O[C@@H]1C[C@H]1CCCCCc1c(nc3ccccc3c1OCCCN1CCN(S(C)(=O)=O)CC1)O2)C(=O)NS(=O)(=O)C1(C)CC1. The fourth-order valence-electron chi connectivity index (χ4n) is 11.6. The molecule has 4 aliphatic carbocycles. The Morgan fingerprint density at radius 2 is 1.65 bits per heavy atom. The molecule has 1 N–H and O–H groups in total. The second-order valence-corrected chi connectivity index (χ2v) is 25.7. The highest BCUT2D eigenvalue weighted by Crippen LogP contribution is 2.57. The molecule has 0 unspecified atom stereocenters. The third-order valence-corrected chi connectivity index (χ3v) is 20.0. The van der Waals surface area contributed by atoms with E-state index in [0.29, 0.717) is 75.6 Å². The Bertz CT molecular complexity index is 2520. The summed E-state index contributed by atoms with van der Waals surface area (Å²) in [5.41, 5.74) is 0.163. The third kappa shape index (κ3) is 11.0. The fourth-order valence-corrected chi connectivity index (χ4v) is 13.7. The smallest absolute Gasteiger partial charge is 0.306 e. The van der Waals surface area contributed by atoms with Crippen LogP contribution in [-0.4, -0.2) is 135 Å². The van der Waals surface area contributed by atoms with Gasteiger partial charge in [-0.1, -0.05) is 50.3 Å². The lowest BCUT2D eigenvalue weighted by Crippen LogP contribution is -2.48. The van der Waals surface area contributed by atoms with Crippen LogP contribution < -0.4 is 14.2 Å². The van der Waals surface area contributed by atoms with Crippen LogP contribution in [-0.2, 0) is 50.4 Å². The number of esters is 1. The van der Waals surface area contributed by atoms with Crippen molar-refractivity contribution in [2.24, 2.45) is 29.1 Å². The van der Waals surface area contributed by atoms with E-state index in [0.717, 1.165) is 81.7 Å². The third-order valence-electron chi connectivity index (χ3n) is 16.5. The summed E-state index contributed by atoms with van der Waals surface area (Å²) in [5.74, 6) is -1.63. The standard InChI is InChI=1S/C51H71N5O11S2/c1-4-36-31-51(36,49(60)53-69(63,64)50(2)20-21-50)32-43(57)42-29-37-33-56(42)48(59)40(34-14-7-5-8-15-34)30-45(58)67-44-28-35(44)16-9-6-10-18-39-46(38-17-11-12-19-41(38)52-47(39)66-37)65-27-13-22-54-23-25-55(26-24-54)68(3,61)62/h4,11-12,17,19,34-37,40,42,44H,1,5-10,13-16,18,20-33H2,2-3H3,(H,53,60)/t35-,36-,37-,40+,42+,44-,51-/m1/s1. The number of nitrogens with zero attached hydrogens (tertiary/aromatic N) is 4. The number of sulfonamides is 2. The summed E-state index contributed by atoms with van der Waals surface area (Å²) in [4.78, 5) is 66.9. The number of pyridine rings is 1. The van der Waals surface area contributed by atoms with Crippen molar-refractivity contribution in [2.45, 2.75) is 145 Å². The Labute approximate surface area is 407 Å². The maximum atomic E-state index is 15.3. The second-order valence-electron chi connectivity index (χ2n) is 21.5. The molecule has 18 heteroatoms. The number of carbonyl (C=O) groups excluding carboxylic acids is 4. The molecule has 2 amide bonds. The molecule has 4 heterocycles. The molecular weight excluding hydrogens is 923 g/mol. The molecule has 0 spiro atoms. The molecule has 9 rings (SSSR count). The fraction of sp³-hybridized carbons (Fsp3) is 0.706. The van der Waals surface area contributed by atoms with Crippen molar-refractivity contribution in [3.63, 3.8) is 0 Å². The van der Waals surface area contributed by atoms with Gasteiger partial charge in [0, 0.05) is 51.0 Å². The number of para-hydroxylation sites is 1. The van der Waals surface area contributed by atoms with Crippen molar-refractivity contribution >= 4 is 54.5 Å². The van der Waals surface area contributed by atoms with Crippen molar-refractivity contribution in [3.05, 3.63) is 42.5 Å². The molecule has 16 nitrogen and oxygen atoms in total. The summed E-state index contributed by atoms with van der Waals surface area (Å²) in [5, 5.41) is 0.848. The highest BCUT2D eigenvalue weighted by Gasteiger charge is 2.62. The highest BCUT2D eigenvalue weighted by molar-refractivity contribution is 7.91. The lowest BCUT2D eigenvalue weighted by molar-refractivity contribution is -0.153. The van der Waals surface area contributed by atoms with Gasteiger partial charge < -0.3 is 24.0 Å². The minimum absolute atomic E-state index is 0.0474. The van der Waals surface area contributed by atoms with E-state index in [1.54, 1.807) is 17.9 Å². The monoisotopic (exact) mass is 993 g/mol. The van der Waals surface area contributed by atoms with Crippen molar-refractivity contribution < 1.29 is 50.2 Å². The van der Waals surface area contributed by atoms with Gasteiger partial charge in [0.15, 0.2) is 5.78 Å². The van der Waals surface area contributed by atoms with Crippen LogP contribution >= 0.6 is 0 Å². The zero-order valence-electron chi connectivity index (χ0n) is 40.4. The van der Waals surface area contributed by atoms with E-state index in [1.165, 1.54) is 10.6 Å². The molecular formula is C51H71N5O11S2. The molecule has 7 aliphatic rings. The number of ether oxygens (including phenoxy) is 3. The van der Waals surface area contributed by atoms with Gasteiger partial charge in [-0.25, -0.2) is 21.8 Å². The minimum atomic E-state index is -3.98. The van der Waals surface area contributed by atoms with Crippen LogP contribution in [0.5, 0.6) is 11.6 Å². The van der Waals surface area contributed by atoms with E-state index in [9.17, 15) is 31.2 Å². The number of fused-ring (bicyclic) bond motifs is 5. The topological polar surface area (TPSA) is 199 Å². The molecule has 4 saturated carbocycles. The molecule has 0 radical (unpaired) electrons. The zero-order chi connectivity index (χ0) is 48.7. The molecule has 2 bridgehead atoms. The Morgan fingerprint density at radius 1 is 0.942 bits per heavy atom. The van der Waals surface area contributed by atoms with Crippen molar-refractivity contribution in [1.29, 1.82) is 0 Å². The maximum absolute atomic E-state index is 15.3. The molecule has 6 fully saturated rings. The van der Waals surface area contributed by atoms with E-state index < -0.39 is 60.1 Å². The molecule has 2 saturated heterocycles. The van der Waals surface area contributed by atoms with Crippen molar-refractivity contribution in [2.75, 3.05) is 52.1 Å². The number of allylic oxidation sites excluding steroid dienone is 1. The van der Waals surface area contributed by atoms with Gasteiger partial charge in [0.2, 0.25) is 37.7 Å². The van der Waals surface area contributed by atoms with Gasteiger partial charge in [0.25, 0.3) is 0 Å². The van der Waals surface area contributed by atoms with E-state index >= 15 is 4.79 Å². The quantitative estimate of drug-likeness (QED) is 0.137. The van der Waals surface area contributed by atoms with Crippen molar-refractivity contribution in [1.82, 2.24) is 23.8 Å². The molecule has 7 atom stereocenters. The van der Waals surface area contributed by atoms with Crippen LogP contribution in [0.15, 0.2) is 36.9 Å². The number of aromatic nitrogens is 1. The van der Waals surface area contributed by atoms with Gasteiger partial charge in [-0.3, -0.25) is 23.9 Å². The summed E-state index contributed by atoms with van der Waals surface area (Å²) in [7, 11) is -7.22. The summed E-state index contributed by atoms with van der Waals surface area (Å²) >= 11 is 0. The number of hydrogen-bond acceptors (Lipinski definition) is 13. The van der Waals surface area contributed by atoms with Gasteiger partial charge in [0.1, 0.15) is 18.0 Å². The second kappa shape index (κ2) is 20.2. The highest BCUT2D eigenvalue weighted by atomic mass is 32.2. The maximum Gasteiger partial charge on any atom is 0.306 e. The number of Topliss-reactive ketones (excluding diaryl/α,β-unsaturated/α-hetero) is 1. The van der Waals surface area contributed by atoms with Crippen molar-refractivity contribution in [3.8, 4) is 11.6 Å². The molecule has 1 aromatic carbocycles. The molecule has 69 heavy (non-hydrogen) atoms. The summed E-state index contributed by atoms with van der Waals surface area (Å²) in [6.45, 7) is 8.92. The van der Waals surface area contributed by atoms with Gasteiger partial charge in [-0.05, 0) is 101 Å². The Kier molecular flexibility index (Phi) is 14.6. The Morgan fingerprint density at radius 3 is 2.35 bits per heavy atom. The number of rotatable bonds is 14. The summed E-state index contributed by atoms with van der Waals surface area (Å²) in [6, 6.07) is 6.76. The number of benzene rings is 1. The lowest BCUT2D eigenvalue weighted by Gasteiger charge is -2.34. The predicted octanol–water partition coefficient (Wildman–Crippen LogP) is 5.71. The predicted molar refractivity (Wildman–Crippen MR) is 259 cm³/mol. The number of piperazine rings is 1. The van der Waals surface area contributed by atoms with E-state index in [2.05, 4.69) is 16.2 Å². The number of nitrogens with one attached hydrogen (secondary N) is 1. The number of ketones is 1. The van der Waals surface area contributed by atoms with E-state index in [-0.39, 0.29) is 67.8 Å².